The molecule has 4 heteroatoms. The van der Waals surface area contributed by atoms with Gasteiger partial charge in [0.25, 0.3) is 5.91 Å². The van der Waals surface area contributed by atoms with Crippen LogP contribution in [0.5, 0.6) is 5.75 Å². The normalized spacial score (nSPS) is 12.3. The van der Waals surface area contributed by atoms with Crippen LogP contribution in [0.2, 0.25) is 0 Å². The minimum absolute atomic E-state index is 0.0461. The van der Waals surface area contributed by atoms with Gasteiger partial charge in [-0.25, -0.2) is 0 Å². The van der Waals surface area contributed by atoms with Crippen molar-refractivity contribution >= 4 is 5.91 Å². The van der Waals surface area contributed by atoms with Crippen molar-refractivity contribution in [2.24, 2.45) is 0 Å². The Balaban J connectivity index is 2.62. The van der Waals surface area contributed by atoms with Gasteiger partial charge in [-0.3, -0.25) is 4.79 Å². The predicted molar refractivity (Wildman–Crippen MR) is 82.2 cm³/mol. The Labute approximate surface area is 122 Å². The van der Waals surface area contributed by atoms with Crippen LogP contribution in [0.4, 0.5) is 0 Å². The monoisotopic (exact) mass is 278 g/mol. The molecule has 0 aromatic heterocycles. The molecule has 1 amide bonds. The van der Waals surface area contributed by atoms with Crippen molar-refractivity contribution in [3.63, 3.8) is 0 Å². The number of amides is 1. The van der Waals surface area contributed by atoms with E-state index in [9.17, 15) is 4.79 Å². The molecule has 1 rings (SSSR count). The minimum Gasteiger partial charge on any atom is -0.480 e. The maximum absolute atomic E-state index is 12.1. The molecule has 1 N–H and O–H groups in total. The number of rotatable bonds is 7. The highest BCUT2D eigenvalue weighted by atomic mass is 16.5. The van der Waals surface area contributed by atoms with E-state index in [0.29, 0.717) is 13.0 Å². The molecule has 4 nitrogen and oxygen atoms in total. The molecule has 0 heterocycles. The van der Waals surface area contributed by atoms with Gasteiger partial charge in [0.05, 0.1) is 0 Å². The number of nitrogens with zero attached hydrogens (tertiary/aromatic N) is 1. The van der Waals surface area contributed by atoms with Gasteiger partial charge in [0.15, 0.2) is 6.10 Å². The number of ether oxygens (including phenoxy) is 1. The standard InChI is InChI=1S/C16H26N2O2/c1-6-14(16(19)17-10-11-18(4)5)20-15-9-7-8-12(2)13(15)3/h7-9,14H,6,10-11H2,1-5H3,(H,17,19)/t14-/m1/s1. The summed E-state index contributed by atoms with van der Waals surface area (Å²) >= 11 is 0. The summed E-state index contributed by atoms with van der Waals surface area (Å²) in [4.78, 5) is 14.1. The van der Waals surface area contributed by atoms with Gasteiger partial charge in [-0.1, -0.05) is 19.1 Å². The van der Waals surface area contributed by atoms with Gasteiger partial charge in [-0.2, -0.15) is 0 Å². The molecular weight excluding hydrogens is 252 g/mol. The zero-order valence-electron chi connectivity index (χ0n) is 13.2. The molecular formula is C16H26N2O2. The molecule has 0 radical (unpaired) electrons. The van der Waals surface area contributed by atoms with Crippen molar-refractivity contribution < 1.29 is 9.53 Å². The molecule has 1 aromatic rings. The summed E-state index contributed by atoms with van der Waals surface area (Å²) in [5.41, 5.74) is 2.26. The second-order valence-corrected chi connectivity index (χ2v) is 5.31. The lowest BCUT2D eigenvalue weighted by Crippen LogP contribution is -2.40. The maximum Gasteiger partial charge on any atom is 0.261 e. The first-order valence-corrected chi connectivity index (χ1v) is 7.11. The van der Waals surface area contributed by atoms with Crippen molar-refractivity contribution in [3.05, 3.63) is 29.3 Å². The molecule has 0 saturated carbocycles. The van der Waals surface area contributed by atoms with Crippen molar-refractivity contribution in [1.29, 1.82) is 0 Å². The largest absolute Gasteiger partial charge is 0.480 e. The van der Waals surface area contributed by atoms with E-state index in [1.165, 1.54) is 5.56 Å². The third-order valence-corrected chi connectivity index (χ3v) is 3.35. The van der Waals surface area contributed by atoms with Gasteiger partial charge >= 0.3 is 0 Å². The molecule has 112 valence electrons. The summed E-state index contributed by atoms with van der Waals surface area (Å²) in [6.07, 6.45) is 0.221. The van der Waals surface area contributed by atoms with Crippen LogP contribution >= 0.6 is 0 Å². The lowest BCUT2D eigenvalue weighted by molar-refractivity contribution is -0.128. The third-order valence-electron chi connectivity index (χ3n) is 3.35. The highest BCUT2D eigenvalue weighted by Gasteiger charge is 2.18. The Morgan fingerprint density at radius 2 is 2.05 bits per heavy atom. The third kappa shape index (κ3) is 4.85. The van der Waals surface area contributed by atoms with Gasteiger partial charge in [-0.15, -0.1) is 0 Å². The predicted octanol–water partition coefficient (Wildman–Crippen LogP) is 2.14. The number of carbonyl (C=O) groups is 1. The second kappa shape index (κ2) is 7.90. The van der Waals surface area contributed by atoms with Crippen LogP contribution in [0.15, 0.2) is 18.2 Å². The van der Waals surface area contributed by atoms with E-state index < -0.39 is 6.10 Å². The van der Waals surface area contributed by atoms with Crippen LogP contribution in [-0.4, -0.2) is 44.1 Å². The van der Waals surface area contributed by atoms with Gasteiger partial charge in [0, 0.05) is 13.1 Å². The Hall–Kier alpha value is -1.55. The summed E-state index contributed by atoms with van der Waals surface area (Å²) in [5.74, 6) is 0.745. The minimum atomic E-state index is -0.433. The molecule has 0 aliphatic carbocycles. The number of carbonyl (C=O) groups excluding carboxylic acids is 1. The molecule has 0 bridgehead atoms. The summed E-state index contributed by atoms with van der Waals surface area (Å²) < 4.78 is 5.87. The van der Waals surface area contributed by atoms with E-state index in [0.717, 1.165) is 17.9 Å². The number of benzene rings is 1. The van der Waals surface area contributed by atoms with Crippen molar-refractivity contribution in [2.75, 3.05) is 27.2 Å². The maximum atomic E-state index is 12.1. The van der Waals surface area contributed by atoms with E-state index in [4.69, 9.17) is 4.74 Å². The number of nitrogens with one attached hydrogen (secondary N) is 1. The fraction of sp³-hybridized carbons (Fsp3) is 0.562. The van der Waals surface area contributed by atoms with Crippen LogP contribution < -0.4 is 10.1 Å². The first-order chi connectivity index (χ1) is 9.45. The van der Waals surface area contributed by atoms with Gasteiger partial charge < -0.3 is 15.0 Å². The smallest absolute Gasteiger partial charge is 0.261 e. The summed E-state index contributed by atoms with van der Waals surface area (Å²) in [7, 11) is 3.96. The molecule has 20 heavy (non-hydrogen) atoms. The molecule has 0 spiro atoms. The molecule has 0 fully saturated rings. The second-order valence-electron chi connectivity index (χ2n) is 5.31. The zero-order valence-corrected chi connectivity index (χ0v) is 13.2. The molecule has 0 aliphatic heterocycles. The van der Waals surface area contributed by atoms with E-state index >= 15 is 0 Å². The first-order valence-electron chi connectivity index (χ1n) is 7.11. The van der Waals surface area contributed by atoms with Crippen LogP contribution in [0.25, 0.3) is 0 Å². The number of hydrogen-bond donors (Lipinski definition) is 1. The van der Waals surface area contributed by atoms with Crippen LogP contribution in [0, 0.1) is 13.8 Å². The Kier molecular flexibility index (Phi) is 6.52. The summed E-state index contributed by atoms with van der Waals surface area (Å²) in [6, 6.07) is 5.91. The Morgan fingerprint density at radius 3 is 2.65 bits per heavy atom. The van der Waals surface area contributed by atoms with E-state index in [-0.39, 0.29) is 5.91 Å². The summed E-state index contributed by atoms with van der Waals surface area (Å²) in [5, 5.41) is 2.91. The average Bonchev–Trinajstić information content (AvgIpc) is 2.40. The molecule has 0 unspecified atom stereocenters. The van der Waals surface area contributed by atoms with E-state index in [1.54, 1.807) is 0 Å². The SMILES string of the molecule is CC[C@@H](Oc1cccc(C)c1C)C(=O)NCCN(C)C. The lowest BCUT2D eigenvalue weighted by Gasteiger charge is -2.20. The zero-order chi connectivity index (χ0) is 15.1. The fourth-order valence-electron chi connectivity index (χ4n) is 1.84. The highest BCUT2D eigenvalue weighted by Crippen LogP contribution is 2.22. The average molecular weight is 278 g/mol. The van der Waals surface area contributed by atoms with Crippen molar-refractivity contribution in [1.82, 2.24) is 10.2 Å². The van der Waals surface area contributed by atoms with Crippen LogP contribution in [0.1, 0.15) is 24.5 Å². The van der Waals surface area contributed by atoms with E-state index in [2.05, 4.69) is 5.32 Å². The van der Waals surface area contributed by atoms with Gasteiger partial charge in [0.1, 0.15) is 5.75 Å². The molecule has 1 aromatic carbocycles. The molecule has 1 atom stereocenters. The van der Waals surface area contributed by atoms with Gasteiger partial charge in [-0.05, 0) is 51.6 Å². The van der Waals surface area contributed by atoms with E-state index in [1.807, 2.05) is 58.0 Å². The Bertz CT molecular complexity index is 444. The van der Waals surface area contributed by atoms with Crippen LogP contribution in [0.3, 0.4) is 0 Å². The first kappa shape index (κ1) is 16.5. The van der Waals surface area contributed by atoms with Gasteiger partial charge in [0.2, 0.25) is 0 Å². The molecule has 0 aliphatic rings. The summed E-state index contributed by atoms with van der Waals surface area (Å²) in [6.45, 7) is 7.48. The topological polar surface area (TPSA) is 41.6 Å². The number of aryl methyl sites for hydroxylation is 1. The van der Waals surface area contributed by atoms with Crippen molar-refractivity contribution in [2.45, 2.75) is 33.3 Å². The van der Waals surface area contributed by atoms with Crippen LogP contribution in [-0.2, 0) is 4.79 Å². The number of hydrogen-bond acceptors (Lipinski definition) is 3. The fourth-order valence-corrected chi connectivity index (χ4v) is 1.84. The molecule has 0 saturated heterocycles. The number of likely N-dealkylation sites (N-methyl/N-ethyl adjacent to an activating group) is 1. The highest BCUT2D eigenvalue weighted by molar-refractivity contribution is 5.81. The Morgan fingerprint density at radius 1 is 1.35 bits per heavy atom. The van der Waals surface area contributed by atoms with Crippen molar-refractivity contribution in [3.8, 4) is 5.75 Å². The lowest BCUT2D eigenvalue weighted by atomic mass is 10.1. The quantitative estimate of drug-likeness (QED) is 0.831.